The first-order chi connectivity index (χ1) is 14.2. The van der Waals surface area contributed by atoms with Crippen LogP contribution in [-0.4, -0.2) is 13.9 Å². The summed E-state index contributed by atoms with van der Waals surface area (Å²) in [6.07, 6.45) is 9.88. The zero-order valence-electron chi connectivity index (χ0n) is 16.3. The lowest BCUT2D eigenvalue weighted by Crippen LogP contribution is -2.54. The van der Waals surface area contributed by atoms with Crippen molar-refractivity contribution in [3.8, 4) is 5.69 Å². The molecule has 8 atom stereocenters. The SMILES string of the molecule is O=c1n(-c2ccccc2)c(=O)n2n1[C@H]1C=C[C@H]2[C@H]2[C@H]3CC4[C@@H]5C(C[C@@H](C3)C[C@@H]21)[C@@H]45. The molecule has 6 aliphatic carbocycles. The summed E-state index contributed by atoms with van der Waals surface area (Å²) < 4.78 is 5.00. The predicted octanol–water partition coefficient (Wildman–Crippen LogP) is 3.01. The number of hydrogen-bond acceptors (Lipinski definition) is 2. The first-order valence-electron chi connectivity index (χ1n) is 11.4. The number of para-hydroxylation sites is 1. The van der Waals surface area contributed by atoms with Crippen molar-refractivity contribution < 1.29 is 0 Å². The predicted molar refractivity (Wildman–Crippen MR) is 108 cm³/mol. The zero-order chi connectivity index (χ0) is 19.0. The van der Waals surface area contributed by atoms with Gasteiger partial charge in [-0.1, -0.05) is 30.4 Å². The van der Waals surface area contributed by atoms with E-state index in [4.69, 9.17) is 0 Å². The molecule has 2 aliphatic heterocycles. The minimum atomic E-state index is -0.169. The second-order valence-corrected chi connectivity index (χ2v) is 10.6. The second-order valence-electron chi connectivity index (χ2n) is 10.6. The zero-order valence-corrected chi connectivity index (χ0v) is 16.3. The van der Waals surface area contributed by atoms with Crippen molar-refractivity contribution in [1.82, 2.24) is 13.9 Å². The molecule has 5 nitrogen and oxygen atoms in total. The standard InChI is InChI=1S/C24H25N3O2/c28-23-25(14-4-2-1-3-5-14)24(29)27-19-7-6-18(26(23)27)15-9-12-8-13(20(15)19)11-17-21-16(10-12)22(17)21/h1-7,12-13,15-22H,8-11H2/t12-,13+,15+,16?,17?,18-,19-,20-,21-,22-/m0/s1. The van der Waals surface area contributed by atoms with Crippen molar-refractivity contribution in [1.29, 1.82) is 0 Å². The van der Waals surface area contributed by atoms with Crippen molar-refractivity contribution in [2.24, 2.45) is 47.3 Å². The van der Waals surface area contributed by atoms with Gasteiger partial charge in [-0.05, 0) is 85.2 Å². The van der Waals surface area contributed by atoms with E-state index >= 15 is 0 Å². The minimum Gasteiger partial charge on any atom is -0.245 e. The average Bonchev–Trinajstić information content (AvgIpc) is 3.61. The molecule has 8 aliphatic rings. The van der Waals surface area contributed by atoms with Crippen LogP contribution in [0.3, 0.4) is 0 Å². The molecule has 148 valence electrons. The van der Waals surface area contributed by atoms with Crippen LogP contribution in [0, 0.1) is 47.3 Å². The average molecular weight is 387 g/mol. The summed E-state index contributed by atoms with van der Waals surface area (Å²) in [6, 6.07) is 9.50. The van der Waals surface area contributed by atoms with Gasteiger partial charge in [0.2, 0.25) is 0 Å². The van der Waals surface area contributed by atoms with Crippen LogP contribution in [0.4, 0.5) is 0 Å². The Hall–Kier alpha value is -2.30. The lowest BCUT2D eigenvalue weighted by molar-refractivity contribution is -0.0248. The van der Waals surface area contributed by atoms with Crippen LogP contribution in [0.15, 0.2) is 52.1 Å². The summed E-state index contributed by atoms with van der Waals surface area (Å²) in [5, 5.41) is 0. The van der Waals surface area contributed by atoms with E-state index in [0.29, 0.717) is 17.5 Å². The minimum absolute atomic E-state index is 0.0450. The quantitative estimate of drug-likeness (QED) is 0.707. The van der Waals surface area contributed by atoms with Gasteiger partial charge in [0.15, 0.2) is 0 Å². The molecule has 0 unspecified atom stereocenters. The lowest BCUT2D eigenvalue weighted by atomic mass is 9.56. The molecule has 0 saturated heterocycles. The monoisotopic (exact) mass is 387 g/mol. The Morgan fingerprint density at radius 1 is 0.690 bits per heavy atom. The fourth-order valence-corrected chi connectivity index (χ4v) is 8.44. The van der Waals surface area contributed by atoms with Gasteiger partial charge in [0.25, 0.3) is 0 Å². The molecular weight excluding hydrogens is 362 g/mol. The Kier molecular flexibility index (Phi) is 2.61. The van der Waals surface area contributed by atoms with Crippen LogP contribution in [0.5, 0.6) is 0 Å². The van der Waals surface area contributed by atoms with Crippen molar-refractivity contribution in [2.45, 2.75) is 37.8 Å². The molecule has 5 heteroatoms. The van der Waals surface area contributed by atoms with Gasteiger partial charge >= 0.3 is 11.4 Å². The molecule has 0 spiro atoms. The van der Waals surface area contributed by atoms with Crippen molar-refractivity contribution in [3.63, 3.8) is 0 Å². The normalized spacial score (nSPS) is 46.9. The number of allylic oxidation sites excluding steroid dienone is 2. The molecular formula is C24H25N3O2. The van der Waals surface area contributed by atoms with Gasteiger partial charge in [0.1, 0.15) is 0 Å². The highest BCUT2D eigenvalue weighted by atomic mass is 16.2. The summed E-state index contributed by atoms with van der Waals surface area (Å²) in [5.74, 6) is 6.76. The number of hydrogen-bond donors (Lipinski definition) is 0. The summed E-state index contributed by atoms with van der Waals surface area (Å²) >= 11 is 0. The van der Waals surface area contributed by atoms with Crippen LogP contribution >= 0.6 is 0 Å². The second kappa shape index (κ2) is 4.88. The highest BCUT2D eigenvalue weighted by molar-refractivity contribution is 5.31. The van der Waals surface area contributed by atoms with E-state index in [1.165, 1.54) is 30.3 Å². The molecule has 0 radical (unpaired) electrons. The van der Waals surface area contributed by atoms with E-state index in [1.807, 2.05) is 35.0 Å². The fourth-order valence-electron chi connectivity index (χ4n) is 8.44. The van der Waals surface area contributed by atoms with Gasteiger partial charge in [-0.25, -0.2) is 23.5 Å². The fraction of sp³-hybridized carbons (Fsp3) is 0.583. The van der Waals surface area contributed by atoms with Gasteiger partial charge in [-0.15, -0.1) is 0 Å². The maximum absolute atomic E-state index is 13.4. The van der Waals surface area contributed by atoms with Crippen LogP contribution in [0.2, 0.25) is 0 Å². The molecule has 5 saturated carbocycles. The number of rotatable bonds is 1. The molecule has 5 fully saturated rings. The highest BCUT2D eigenvalue weighted by Gasteiger charge is 2.74. The molecule has 2 aromatic rings. The number of benzene rings is 1. The summed E-state index contributed by atoms with van der Waals surface area (Å²) in [6.45, 7) is 0. The third-order valence-corrected chi connectivity index (χ3v) is 9.53. The first kappa shape index (κ1) is 15.5. The maximum Gasteiger partial charge on any atom is 0.352 e. The van der Waals surface area contributed by atoms with E-state index < -0.39 is 0 Å². The van der Waals surface area contributed by atoms with Gasteiger partial charge in [-0.3, -0.25) is 0 Å². The van der Waals surface area contributed by atoms with Crippen LogP contribution in [0.1, 0.15) is 37.8 Å². The molecule has 10 rings (SSSR count). The maximum atomic E-state index is 13.4. The largest absolute Gasteiger partial charge is 0.352 e. The van der Waals surface area contributed by atoms with Gasteiger partial charge in [0, 0.05) is 0 Å². The lowest BCUT2D eigenvalue weighted by Gasteiger charge is -2.54. The Morgan fingerprint density at radius 2 is 1.34 bits per heavy atom. The summed E-state index contributed by atoms with van der Waals surface area (Å²) in [4.78, 5) is 26.8. The molecule has 6 bridgehead atoms. The van der Waals surface area contributed by atoms with E-state index in [9.17, 15) is 9.59 Å². The van der Waals surface area contributed by atoms with Crippen LogP contribution < -0.4 is 11.4 Å². The Labute approximate surface area is 168 Å². The van der Waals surface area contributed by atoms with Gasteiger partial charge in [0.05, 0.1) is 17.8 Å². The molecule has 1 aromatic heterocycles. The van der Waals surface area contributed by atoms with Gasteiger partial charge in [-0.2, -0.15) is 0 Å². The first-order valence-corrected chi connectivity index (χ1v) is 11.4. The molecule has 0 amide bonds. The molecule has 3 heterocycles. The smallest absolute Gasteiger partial charge is 0.245 e. The third kappa shape index (κ3) is 1.75. The number of aromatic nitrogens is 3. The highest BCUT2D eigenvalue weighted by Crippen LogP contribution is 2.79. The van der Waals surface area contributed by atoms with Crippen LogP contribution in [0.25, 0.3) is 5.69 Å². The van der Waals surface area contributed by atoms with E-state index in [2.05, 4.69) is 12.2 Å². The third-order valence-electron chi connectivity index (χ3n) is 9.53. The van der Waals surface area contributed by atoms with E-state index in [1.54, 1.807) is 4.68 Å². The summed E-state index contributed by atoms with van der Waals surface area (Å²) in [7, 11) is 0. The number of nitrogens with zero attached hydrogens (tertiary/aromatic N) is 3. The Balaban J connectivity index is 1.29. The summed E-state index contributed by atoms with van der Waals surface area (Å²) in [5.41, 5.74) is 0.342. The van der Waals surface area contributed by atoms with Crippen LogP contribution in [-0.2, 0) is 0 Å². The molecule has 29 heavy (non-hydrogen) atoms. The van der Waals surface area contributed by atoms with Crippen molar-refractivity contribution in [2.75, 3.05) is 0 Å². The Bertz CT molecular complexity index is 1170. The van der Waals surface area contributed by atoms with Crippen molar-refractivity contribution >= 4 is 0 Å². The Morgan fingerprint density at radius 3 is 2.14 bits per heavy atom. The topological polar surface area (TPSA) is 48.9 Å². The van der Waals surface area contributed by atoms with E-state index in [-0.39, 0.29) is 23.5 Å². The molecule has 1 aromatic carbocycles. The van der Waals surface area contributed by atoms with E-state index in [0.717, 1.165) is 35.5 Å². The molecule has 0 N–H and O–H groups in total. The van der Waals surface area contributed by atoms with Gasteiger partial charge < -0.3 is 0 Å². The van der Waals surface area contributed by atoms with Crippen molar-refractivity contribution in [3.05, 3.63) is 63.5 Å².